The van der Waals surface area contributed by atoms with E-state index in [9.17, 15) is 4.79 Å². The van der Waals surface area contributed by atoms with E-state index in [1.54, 1.807) is 0 Å². The fraction of sp³-hybridized carbons (Fsp3) is 0.167. The van der Waals surface area contributed by atoms with Crippen LogP contribution in [0.3, 0.4) is 0 Å². The molecule has 3 nitrogen and oxygen atoms in total. The predicted molar refractivity (Wildman–Crippen MR) is 85.0 cm³/mol. The van der Waals surface area contributed by atoms with Crippen molar-refractivity contribution in [2.24, 2.45) is 0 Å². The Morgan fingerprint density at radius 1 is 1.10 bits per heavy atom. The first-order chi connectivity index (χ1) is 10.2. The molecule has 0 aliphatic rings. The quantitative estimate of drug-likeness (QED) is 0.755. The summed E-state index contributed by atoms with van der Waals surface area (Å²) in [6, 6.07) is 16.1. The molecule has 1 aromatic heterocycles. The summed E-state index contributed by atoms with van der Waals surface area (Å²) in [6.07, 6.45) is 2.33. The molecule has 1 heterocycles. The van der Waals surface area contributed by atoms with Gasteiger partial charge in [-0.3, -0.25) is 4.79 Å². The minimum Gasteiger partial charge on any atom is -0.361 e. The van der Waals surface area contributed by atoms with Gasteiger partial charge in [-0.1, -0.05) is 48.5 Å². The number of benzene rings is 2. The summed E-state index contributed by atoms with van der Waals surface area (Å²) in [5, 5.41) is 4.09. The van der Waals surface area contributed by atoms with Gasteiger partial charge in [-0.05, 0) is 23.6 Å². The maximum absolute atomic E-state index is 12.1. The largest absolute Gasteiger partial charge is 0.361 e. The standard InChI is InChI=1S/C18H18N2O/c1-13-6-5-9-16-15(12-20-18(13)16)10-17(21)19-11-14-7-3-2-4-8-14/h2-9,12,20H,10-11H2,1H3,(H,19,21). The fourth-order valence-electron chi connectivity index (χ4n) is 2.54. The van der Waals surface area contributed by atoms with Crippen LogP contribution in [-0.2, 0) is 17.8 Å². The first-order valence-corrected chi connectivity index (χ1v) is 7.10. The lowest BCUT2D eigenvalue weighted by Gasteiger charge is -2.05. The van der Waals surface area contributed by atoms with Crippen LogP contribution >= 0.6 is 0 Å². The normalized spacial score (nSPS) is 10.7. The lowest BCUT2D eigenvalue weighted by Crippen LogP contribution is -2.24. The van der Waals surface area contributed by atoms with Crippen LogP contribution in [0.2, 0.25) is 0 Å². The van der Waals surface area contributed by atoms with Crippen LogP contribution < -0.4 is 5.32 Å². The average molecular weight is 278 g/mol. The van der Waals surface area contributed by atoms with E-state index in [1.165, 1.54) is 5.56 Å². The molecule has 3 heteroatoms. The van der Waals surface area contributed by atoms with Gasteiger partial charge in [-0.25, -0.2) is 0 Å². The maximum atomic E-state index is 12.1. The molecule has 0 unspecified atom stereocenters. The molecule has 106 valence electrons. The van der Waals surface area contributed by atoms with Crippen LogP contribution in [0.1, 0.15) is 16.7 Å². The zero-order chi connectivity index (χ0) is 14.7. The van der Waals surface area contributed by atoms with Crippen LogP contribution in [0.15, 0.2) is 54.7 Å². The van der Waals surface area contributed by atoms with E-state index in [0.717, 1.165) is 22.0 Å². The molecule has 0 fully saturated rings. The molecule has 0 atom stereocenters. The molecule has 2 aromatic carbocycles. The summed E-state index contributed by atoms with van der Waals surface area (Å²) < 4.78 is 0. The third kappa shape index (κ3) is 2.97. The number of aromatic nitrogens is 1. The number of aromatic amines is 1. The Bertz CT molecular complexity index is 759. The Hall–Kier alpha value is -2.55. The number of hydrogen-bond acceptors (Lipinski definition) is 1. The van der Waals surface area contributed by atoms with E-state index >= 15 is 0 Å². The van der Waals surface area contributed by atoms with Crippen molar-refractivity contribution in [3.05, 3.63) is 71.4 Å². The second kappa shape index (κ2) is 5.83. The highest BCUT2D eigenvalue weighted by Crippen LogP contribution is 2.21. The molecule has 0 aliphatic carbocycles. The van der Waals surface area contributed by atoms with Crippen LogP contribution in [0.25, 0.3) is 10.9 Å². The Morgan fingerprint density at radius 3 is 2.71 bits per heavy atom. The van der Waals surface area contributed by atoms with E-state index < -0.39 is 0 Å². The number of amides is 1. The molecule has 2 N–H and O–H groups in total. The number of fused-ring (bicyclic) bond motifs is 1. The van der Waals surface area contributed by atoms with E-state index in [2.05, 4.69) is 29.4 Å². The Labute approximate surface area is 124 Å². The summed E-state index contributed by atoms with van der Waals surface area (Å²) in [5.74, 6) is 0.0428. The van der Waals surface area contributed by atoms with Crippen molar-refractivity contribution in [3.8, 4) is 0 Å². The van der Waals surface area contributed by atoms with Gasteiger partial charge in [-0.15, -0.1) is 0 Å². The number of H-pyrrole nitrogens is 1. The summed E-state index contributed by atoms with van der Waals surface area (Å²) >= 11 is 0. The fourth-order valence-corrected chi connectivity index (χ4v) is 2.54. The molecular weight excluding hydrogens is 260 g/mol. The van der Waals surface area contributed by atoms with Crippen molar-refractivity contribution in [1.29, 1.82) is 0 Å². The van der Waals surface area contributed by atoms with Crippen molar-refractivity contribution in [2.45, 2.75) is 19.9 Å². The minimum absolute atomic E-state index is 0.0428. The van der Waals surface area contributed by atoms with Crippen molar-refractivity contribution in [1.82, 2.24) is 10.3 Å². The number of hydrogen-bond donors (Lipinski definition) is 2. The highest BCUT2D eigenvalue weighted by Gasteiger charge is 2.09. The molecule has 0 saturated carbocycles. The van der Waals surface area contributed by atoms with Gasteiger partial charge in [0.2, 0.25) is 5.91 Å². The van der Waals surface area contributed by atoms with Crippen LogP contribution in [0.4, 0.5) is 0 Å². The predicted octanol–water partition coefficient (Wildman–Crippen LogP) is 3.34. The van der Waals surface area contributed by atoms with Gasteiger partial charge >= 0.3 is 0 Å². The van der Waals surface area contributed by atoms with Gasteiger partial charge in [0.25, 0.3) is 0 Å². The highest BCUT2D eigenvalue weighted by molar-refractivity contribution is 5.90. The lowest BCUT2D eigenvalue weighted by atomic mass is 10.1. The number of nitrogens with one attached hydrogen (secondary N) is 2. The Morgan fingerprint density at radius 2 is 1.90 bits per heavy atom. The van der Waals surface area contributed by atoms with Gasteiger partial charge < -0.3 is 10.3 Å². The number of carbonyl (C=O) groups is 1. The Kier molecular flexibility index (Phi) is 3.73. The lowest BCUT2D eigenvalue weighted by molar-refractivity contribution is -0.120. The first-order valence-electron chi connectivity index (χ1n) is 7.10. The summed E-state index contributed by atoms with van der Waals surface area (Å²) in [5.41, 5.74) is 4.46. The molecule has 3 rings (SSSR count). The maximum Gasteiger partial charge on any atom is 0.224 e. The number of para-hydroxylation sites is 1. The molecule has 0 saturated heterocycles. The SMILES string of the molecule is Cc1cccc2c(CC(=O)NCc3ccccc3)c[nH]c12. The molecule has 0 aliphatic heterocycles. The molecule has 0 radical (unpaired) electrons. The number of aryl methyl sites for hydroxylation is 1. The average Bonchev–Trinajstić information content (AvgIpc) is 2.91. The highest BCUT2D eigenvalue weighted by atomic mass is 16.1. The smallest absolute Gasteiger partial charge is 0.224 e. The molecule has 3 aromatic rings. The van der Waals surface area contributed by atoms with Crippen molar-refractivity contribution in [2.75, 3.05) is 0 Å². The number of carbonyl (C=O) groups excluding carboxylic acids is 1. The second-order valence-electron chi connectivity index (χ2n) is 5.25. The monoisotopic (exact) mass is 278 g/mol. The third-order valence-corrected chi connectivity index (χ3v) is 3.69. The van der Waals surface area contributed by atoms with Crippen LogP contribution in [0.5, 0.6) is 0 Å². The van der Waals surface area contributed by atoms with Gasteiger partial charge in [0.15, 0.2) is 0 Å². The zero-order valence-electron chi connectivity index (χ0n) is 12.0. The Balaban J connectivity index is 1.68. The second-order valence-corrected chi connectivity index (χ2v) is 5.25. The summed E-state index contributed by atoms with van der Waals surface area (Å²) in [4.78, 5) is 15.3. The zero-order valence-corrected chi connectivity index (χ0v) is 12.0. The van der Waals surface area contributed by atoms with Crippen LogP contribution in [0, 0.1) is 6.92 Å². The first kappa shape index (κ1) is 13.4. The van der Waals surface area contributed by atoms with E-state index in [1.807, 2.05) is 42.6 Å². The van der Waals surface area contributed by atoms with Crippen molar-refractivity contribution < 1.29 is 4.79 Å². The minimum atomic E-state index is 0.0428. The molecule has 21 heavy (non-hydrogen) atoms. The van der Waals surface area contributed by atoms with Crippen molar-refractivity contribution in [3.63, 3.8) is 0 Å². The molecule has 0 bridgehead atoms. The van der Waals surface area contributed by atoms with E-state index in [0.29, 0.717) is 13.0 Å². The van der Waals surface area contributed by atoms with Crippen LogP contribution in [-0.4, -0.2) is 10.9 Å². The number of rotatable bonds is 4. The molecular formula is C18H18N2O. The summed E-state index contributed by atoms with van der Waals surface area (Å²) in [7, 11) is 0. The van der Waals surface area contributed by atoms with Gasteiger partial charge in [0.05, 0.1) is 6.42 Å². The molecule has 0 spiro atoms. The third-order valence-electron chi connectivity index (χ3n) is 3.69. The van der Waals surface area contributed by atoms with Gasteiger partial charge in [-0.2, -0.15) is 0 Å². The van der Waals surface area contributed by atoms with Crippen molar-refractivity contribution >= 4 is 16.8 Å². The van der Waals surface area contributed by atoms with E-state index in [4.69, 9.17) is 0 Å². The topological polar surface area (TPSA) is 44.9 Å². The summed E-state index contributed by atoms with van der Waals surface area (Å²) in [6.45, 7) is 2.64. The van der Waals surface area contributed by atoms with Gasteiger partial charge in [0, 0.05) is 23.6 Å². The molecule has 1 amide bonds. The van der Waals surface area contributed by atoms with Gasteiger partial charge in [0.1, 0.15) is 0 Å². The van der Waals surface area contributed by atoms with E-state index in [-0.39, 0.29) is 5.91 Å².